The third kappa shape index (κ3) is 3.99. The first-order chi connectivity index (χ1) is 12.3. The molecule has 0 amide bonds. The molecule has 1 aromatic carbocycles. The number of ether oxygens (including phenoxy) is 1. The molecule has 0 bridgehead atoms. The fraction of sp³-hybridized carbons (Fsp3) is 0.421. The lowest BCUT2D eigenvalue weighted by Gasteiger charge is -2.27. The van der Waals surface area contributed by atoms with Crippen LogP contribution in [0.4, 0.5) is 13.2 Å². The summed E-state index contributed by atoms with van der Waals surface area (Å²) in [5.41, 5.74) is -0.460. The maximum absolute atomic E-state index is 13.2. The van der Waals surface area contributed by atoms with Crippen LogP contribution in [-0.4, -0.2) is 23.4 Å². The summed E-state index contributed by atoms with van der Waals surface area (Å²) in [6.45, 7) is 0. The van der Waals surface area contributed by atoms with E-state index in [0.717, 1.165) is 18.9 Å². The summed E-state index contributed by atoms with van der Waals surface area (Å²) in [4.78, 5) is 11.2. The Hall–Kier alpha value is -2.13. The molecule has 3 rings (SSSR count). The zero-order valence-corrected chi connectivity index (χ0v) is 14.5. The molecular formula is C19H16ClF3O3. The van der Waals surface area contributed by atoms with Gasteiger partial charge in [0.2, 0.25) is 6.10 Å². The second-order valence-corrected chi connectivity index (χ2v) is 6.91. The zero-order chi connectivity index (χ0) is 18.9. The molecule has 1 aromatic rings. The number of carbonyl (C=O) groups is 1. The first kappa shape index (κ1) is 18.7. The van der Waals surface area contributed by atoms with Gasteiger partial charge in [-0.3, -0.25) is 0 Å². The Morgan fingerprint density at radius 3 is 2.62 bits per heavy atom. The predicted molar refractivity (Wildman–Crippen MR) is 91.0 cm³/mol. The zero-order valence-electron chi connectivity index (χ0n) is 13.7. The van der Waals surface area contributed by atoms with Gasteiger partial charge in [0.05, 0.1) is 11.1 Å². The normalized spacial score (nSPS) is 19.8. The molecule has 0 aromatic heterocycles. The van der Waals surface area contributed by atoms with Crippen LogP contribution in [0.25, 0.3) is 6.08 Å². The van der Waals surface area contributed by atoms with E-state index in [0.29, 0.717) is 12.3 Å². The minimum Gasteiger partial charge on any atom is -0.478 e. The van der Waals surface area contributed by atoms with Crippen LogP contribution in [0.5, 0.6) is 5.75 Å². The van der Waals surface area contributed by atoms with Crippen molar-refractivity contribution in [2.45, 2.75) is 44.4 Å². The second kappa shape index (κ2) is 7.24. The lowest BCUT2D eigenvalue weighted by atomic mass is 9.98. The number of carboxylic acid groups (broad SMARTS) is 1. The average Bonchev–Trinajstić information content (AvgIpc) is 3.05. The van der Waals surface area contributed by atoms with Gasteiger partial charge in [0, 0.05) is 17.0 Å². The Morgan fingerprint density at radius 2 is 2.00 bits per heavy atom. The molecule has 1 fully saturated rings. The number of hydrogen-bond donors (Lipinski definition) is 1. The fourth-order valence-electron chi connectivity index (χ4n) is 3.29. The minimum atomic E-state index is -4.85. The fourth-order valence-corrected chi connectivity index (χ4v) is 3.52. The average molecular weight is 385 g/mol. The number of fused-ring (bicyclic) bond motifs is 1. The van der Waals surface area contributed by atoms with Gasteiger partial charge in [-0.2, -0.15) is 13.2 Å². The molecule has 1 heterocycles. The van der Waals surface area contributed by atoms with Crippen molar-refractivity contribution in [1.29, 1.82) is 0 Å². The third-order valence-corrected chi connectivity index (χ3v) is 4.76. The van der Waals surface area contributed by atoms with Crippen molar-refractivity contribution in [1.82, 2.24) is 0 Å². The van der Waals surface area contributed by atoms with E-state index >= 15 is 0 Å². The second-order valence-electron chi connectivity index (χ2n) is 6.47. The van der Waals surface area contributed by atoms with E-state index in [9.17, 15) is 18.0 Å². The highest BCUT2D eigenvalue weighted by atomic mass is 35.5. The molecule has 26 heavy (non-hydrogen) atoms. The van der Waals surface area contributed by atoms with Gasteiger partial charge in [-0.15, -0.1) is 0 Å². The van der Waals surface area contributed by atoms with Crippen molar-refractivity contribution in [2.75, 3.05) is 0 Å². The number of alkyl halides is 3. The Balaban J connectivity index is 1.98. The van der Waals surface area contributed by atoms with Gasteiger partial charge < -0.3 is 9.84 Å². The molecule has 3 nitrogen and oxygen atoms in total. The smallest absolute Gasteiger partial charge is 0.430 e. The predicted octanol–water partition coefficient (Wildman–Crippen LogP) is 5.06. The van der Waals surface area contributed by atoms with Gasteiger partial charge in [-0.05, 0) is 37.0 Å². The van der Waals surface area contributed by atoms with E-state index in [1.54, 1.807) is 0 Å². The van der Waals surface area contributed by atoms with Crippen LogP contribution in [0.1, 0.15) is 43.2 Å². The molecule has 7 heteroatoms. The van der Waals surface area contributed by atoms with E-state index < -0.39 is 23.8 Å². The quantitative estimate of drug-likeness (QED) is 0.725. The molecule has 0 saturated heterocycles. The molecule has 1 saturated carbocycles. The molecule has 0 spiro atoms. The lowest BCUT2D eigenvalue weighted by molar-refractivity contribution is -0.187. The number of rotatable bonds is 2. The first-order valence-corrected chi connectivity index (χ1v) is 8.64. The van der Waals surface area contributed by atoms with Crippen LogP contribution in [0, 0.1) is 17.8 Å². The first-order valence-electron chi connectivity index (χ1n) is 8.26. The lowest BCUT2D eigenvalue weighted by Crippen LogP contribution is -2.40. The highest BCUT2D eigenvalue weighted by Crippen LogP contribution is 2.40. The van der Waals surface area contributed by atoms with Crippen molar-refractivity contribution in [3.8, 4) is 17.6 Å². The van der Waals surface area contributed by atoms with Crippen molar-refractivity contribution >= 4 is 23.6 Å². The summed E-state index contributed by atoms with van der Waals surface area (Å²) in [5.74, 6) is 4.60. The highest BCUT2D eigenvalue weighted by Gasteiger charge is 2.48. The molecule has 1 unspecified atom stereocenters. The number of aliphatic carboxylic acids is 1. The van der Waals surface area contributed by atoms with Crippen LogP contribution in [0.15, 0.2) is 17.7 Å². The monoisotopic (exact) mass is 384 g/mol. The largest absolute Gasteiger partial charge is 0.478 e. The molecule has 1 atom stereocenters. The molecular weight excluding hydrogens is 369 g/mol. The molecule has 0 radical (unpaired) electrons. The van der Waals surface area contributed by atoms with Gasteiger partial charge in [0.1, 0.15) is 5.75 Å². The SMILES string of the molecule is O=C(O)C1=Cc2cc(Cl)cc(C#CCC3CCCC3)c2OC1C(F)(F)F. The van der Waals surface area contributed by atoms with E-state index in [1.165, 1.54) is 25.0 Å². The Kier molecular flexibility index (Phi) is 5.19. The van der Waals surface area contributed by atoms with Crippen LogP contribution < -0.4 is 4.74 Å². The van der Waals surface area contributed by atoms with Crippen LogP contribution in [0.2, 0.25) is 5.02 Å². The van der Waals surface area contributed by atoms with E-state index in [4.69, 9.17) is 21.4 Å². The number of benzene rings is 1. The highest BCUT2D eigenvalue weighted by molar-refractivity contribution is 6.31. The van der Waals surface area contributed by atoms with Crippen molar-refractivity contribution in [3.05, 3.63) is 33.9 Å². The van der Waals surface area contributed by atoms with E-state index in [1.807, 2.05) is 0 Å². The number of carboxylic acids is 1. The van der Waals surface area contributed by atoms with Gasteiger partial charge in [0.15, 0.2) is 0 Å². The van der Waals surface area contributed by atoms with Gasteiger partial charge >= 0.3 is 12.1 Å². The van der Waals surface area contributed by atoms with Gasteiger partial charge in [-0.1, -0.05) is 36.3 Å². The van der Waals surface area contributed by atoms with Crippen LogP contribution in [0.3, 0.4) is 0 Å². The number of hydrogen-bond acceptors (Lipinski definition) is 2. The maximum Gasteiger partial charge on any atom is 0.430 e. The van der Waals surface area contributed by atoms with Crippen molar-refractivity contribution < 1.29 is 27.8 Å². The van der Waals surface area contributed by atoms with Crippen LogP contribution in [-0.2, 0) is 4.79 Å². The van der Waals surface area contributed by atoms with Crippen molar-refractivity contribution in [2.24, 2.45) is 5.92 Å². The maximum atomic E-state index is 13.2. The van der Waals surface area contributed by atoms with Gasteiger partial charge in [0.25, 0.3) is 0 Å². The van der Waals surface area contributed by atoms with E-state index in [2.05, 4.69) is 11.8 Å². The molecule has 1 N–H and O–H groups in total. The number of halogens is 4. The molecule has 1 aliphatic carbocycles. The summed E-state index contributed by atoms with van der Waals surface area (Å²) >= 11 is 6.02. The van der Waals surface area contributed by atoms with Crippen molar-refractivity contribution in [3.63, 3.8) is 0 Å². The summed E-state index contributed by atoms with van der Waals surface area (Å²) < 4.78 is 44.7. The van der Waals surface area contributed by atoms with Crippen LogP contribution >= 0.6 is 11.6 Å². The molecule has 2 aliphatic rings. The molecule has 1 aliphatic heterocycles. The molecule has 138 valence electrons. The summed E-state index contributed by atoms with van der Waals surface area (Å²) in [6.07, 6.45) is -1.19. The summed E-state index contributed by atoms with van der Waals surface area (Å²) in [5, 5.41) is 9.34. The van der Waals surface area contributed by atoms with E-state index in [-0.39, 0.29) is 21.9 Å². The Bertz CT molecular complexity index is 812. The summed E-state index contributed by atoms with van der Waals surface area (Å²) in [6, 6.07) is 2.81. The third-order valence-electron chi connectivity index (χ3n) is 4.54. The van der Waals surface area contributed by atoms with Gasteiger partial charge in [-0.25, -0.2) is 4.79 Å². The standard InChI is InChI=1S/C19H16ClF3O3/c20-14-8-12(7-3-6-11-4-1-2-5-11)16-13(9-14)10-15(18(24)25)17(26-16)19(21,22)23/h8-11,17H,1-2,4-6H2,(H,24,25). The Labute approximate surface area is 153 Å². The minimum absolute atomic E-state index is 0.0827. The summed E-state index contributed by atoms with van der Waals surface area (Å²) in [7, 11) is 0. The topological polar surface area (TPSA) is 46.5 Å². The Morgan fingerprint density at radius 1 is 1.31 bits per heavy atom.